The Hall–Kier alpha value is -3.12. The molecule has 1 amide bonds. The number of rotatable bonds is 5. The third-order valence-corrected chi connectivity index (χ3v) is 7.37. The van der Waals surface area contributed by atoms with Gasteiger partial charge in [-0.25, -0.2) is 8.42 Å². The maximum atomic E-state index is 13.6. The quantitative estimate of drug-likeness (QED) is 0.595. The fraction of sp³-hybridized carbons (Fsp3) is 0.240. The number of para-hydroxylation sites is 1. The number of sulfonamides is 1. The summed E-state index contributed by atoms with van der Waals surface area (Å²) in [7, 11) is -3.92. The Morgan fingerprint density at radius 3 is 2.26 bits per heavy atom. The van der Waals surface area contributed by atoms with Crippen molar-refractivity contribution in [3.05, 3.63) is 89.5 Å². The van der Waals surface area contributed by atoms with Gasteiger partial charge in [0, 0.05) is 11.7 Å². The van der Waals surface area contributed by atoms with E-state index in [1.54, 1.807) is 35.2 Å². The van der Waals surface area contributed by atoms with Crippen LogP contribution in [0.3, 0.4) is 0 Å². The number of hydrogen-bond donors (Lipinski definition) is 0. The molecule has 0 radical (unpaired) electrons. The van der Waals surface area contributed by atoms with E-state index in [2.05, 4.69) is 0 Å². The standard InChI is InChI=1S/C25H26N2O3S/c1-18-13-19(2)15-22(14-18)26(31(29,30)23-10-5-4-6-11-23)17-25(28)27-20(3)16-21-9-7-8-12-24(21)27/h4-15,20H,16-17H2,1-3H3/t20-/m1/s1. The lowest BCUT2D eigenvalue weighted by atomic mass is 10.1. The summed E-state index contributed by atoms with van der Waals surface area (Å²) >= 11 is 0. The molecule has 0 N–H and O–H groups in total. The molecule has 0 bridgehead atoms. The normalized spacial score (nSPS) is 15.6. The first kappa shape index (κ1) is 21.1. The van der Waals surface area contributed by atoms with Crippen molar-refractivity contribution in [3.63, 3.8) is 0 Å². The molecule has 160 valence electrons. The second-order valence-electron chi connectivity index (χ2n) is 8.12. The third kappa shape index (κ3) is 4.08. The molecule has 5 nitrogen and oxygen atoms in total. The molecule has 0 fully saturated rings. The Bertz CT molecular complexity index is 1200. The molecule has 1 aliphatic rings. The minimum absolute atomic E-state index is 0.0228. The first-order valence-electron chi connectivity index (χ1n) is 10.3. The molecule has 3 aromatic carbocycles. The first-order chi connectivity index (χ1) is 14.8. The van der Waals surface area contributed by atoms with Gasteiger partial charge in [0.25, 0.3) is 10.0 Å². The Kier molecular flexibility index (Phi) is 5.58. The first-order valence-corrected chi connectivity index (χ1v) is 11.8. The second-order valence-corrected chi connectivity index (χ2v) is 9.98. The van der Waals surface area contributed by atoms with Gasteiger partial charge in [-0.2, -0.15) is 0 Å². The molecule has 1 heterocycles. The van der Waals surface area contributed by atoms with E-state index < -0.39 is 10.0 Å². The van der Waals surface area contributed by atoms with Gasteiger partial charge in [-0.15, -0.1) is 0 Å². The lowest BCUT2D eigenvalue weighted by Crippen LogP contribution is -2.45. The predicted molar refractivity (Wildman–Crippen MR) is 124 cm³/mol. The van der Waals surface area contributed by atoms with E-state index in [-0.39, 0.29) is 23.4 Å². The number of carbonyl (C=O) groups excluding carboxylic acids is 1. The van der Waals surface area contributed by atoms with Crippen LogP contribution in [0.1, 0.15) is 23.6 Å². The van der Waals surface area contributed by atoms with Crippen LogP contribution in [0.15, 0.2) is 77.7 Å². The fourth-order valence-electron chi connectivity index (χ4n) is 4.27. The third-order valence-electron chi connectivity index (χ3n) is 5.58. The topological polar surface area (TPSA) is 57.7 Å². The van der Waals surface area contributed by atoms with E-state index in [4.69, 9.17) is 0 Å². The fourth-order valence-corrected chi connectivity index (χ4v) is 5.69. The van der Waals surface area contributed by atoms with Crippen molar-refractivity contribution in [2.24, 2.45) is 0 Å². The summed E-state index contributed by atoms with van der Waals surface area (Å²) in [5.74, 6) is -0.240. The lowest BCUT2D eigenvalue weighted by molar-refractivity contribution is -0.117. The van der Waals surface area contributed by atoms with Crippen molar-refractivity contribution < 1.29 is 13.2 Å². The average molecular weight is 435 g/mol. The number of benzene rings is 3. The van der Waals surface area contributed by atoms with Gasteiger partial charge in [-0.3, -0.25) is 9.10 Å². The van der Waals surface area contributed by atoms with Crippen molar-refractivity contribution in [2.75, 3.05) is 15.7 Å². The highest BCUT2D eigenvalue weighted by Crippen LogP contribution is 2.33. The number of anilines is 2. The molecule has 1 atom stereocenters. The van der Waals surface area contributed by atoms with Gasteiger partial charge in [0.1, 0.15) is 6.54 Å². The lowest BCUT2D eigenvalue weighted by Gasteiger charge is -2.29. The zero-order valence-electron chi connectivity index (χ0n) is 17.9. The SMILES string of the molecule is Cc1cc(C)cc(N(CC(=O)N2c3ccccc3C[C@H]2C)S(=O)(=O)c2ccccc2)c1. The Morgan fingerprint density at radius 1 is 0.968 bits per heavy atom. The van der Waals surface area contributed by atoms with Gasteiger partial charge >= 0.3 is 0 Å². The highest BCUT2D eigenvalue weighted by atomic mass is 32.2. The van der Waals surface area contributed by atoms with Crippen LogP contribution in [-0.2, 0) is 21.2 Å². The summed E-state index contributed by atoms with van der Waals surface area (Å²) in [4.78, 5) is 15.4. The van der Waals surface area contributed by atoms with E-state index in [0.29, 0.717) is 5.69 Å². The van der Waals surface area contributed by atoms with Gasteiger partial charge in [0.05, 0.1) is 10.6 Å². The second kappa shape index (κ2) is 8.19. The minimum atomic E-state index is -3.92. The predicted octanol–water partition coefficient (Wildman–Crippen LogP) is 4.48. The molecule has 0 spiro atoms. The van der Waals surface area contributed by atoms with Gasteiger partial charge in [0.2, 0.25) is 5.91 Å². The molecule has 0 aliphatic carbocycles. The van der Waals surface area contributed by atoms with Crippen molar-refractivity contribution in [1.82, 2.24) is 0 Å². The van der Waals surface area contributed by atoms with Crippen molar-refractivity contribution in [2.45, 2.75) is 38.1 Å². The van der Waals surface area contributed by atoms with Crippen LogP contribution in [0.25, 0.3) is 0 Å². The summed E-state index contributed by atoms with van der Waals surface area (Å²) in [6.45, 7) is 5.57. The molecular weight excluding hydrogens is 408 g/mol. The zero-order valence-corrected chi connectivity index (χ0v) is 18.8. The Labute approximate surface area is 184 Å². The Balaban J connectivity index is 1.76. The highest BCUT2D eigenvalue weighted by Gasteiger charge is 2.34. The van der Waals surface area contributed by atoms with Crippen LogP contribution in [0, 0.1) is 13.8 Å². The van der Waals surface area contributed by atoms with E-state index in [0.717, 1.165) is 28.8 Å². The summed E-state index contributed by atoms with van der Waals surface area (Å²) in [5.41, 5.74) is 4.34. The monoisotopic (exact) mass is 434 g/mol. The van der Waals surface area contributed by atoms with Gasteiger partial charge < -0.3 is 4.90 Å². The largest absolute Gasteiger partial charge is 0.307 e. The van der Waals surface area contributed by atoms with Gasteiger partial charge in [-0.05, 0) is 74.2 Å². The van der Waals surface area contributed by atoms with Crippen LogP contribution in [-0.4, -0.2) is 26.9 Å². The van der Waals surface area contributed by atoms with Crippen molar-refractivity contribution in [3.8, 4) is 0 Å². The summed E-state index contributed by atoms with van der Waals surface area (Å²) in [6.07, 6.45) is 0.761. The summed E-state index contributed by atoms with van der Waals surface area (Å²) in [6, 6.07) is 21.6. The molecule has 6 heteroatoms. The molecule has 0 saturated heterocycles. The molecule has 31 heavy (non-hydrogen) atoms. The van der Waals surface area contributed by atoms with Gasteiger partial charge in [0.15, 0.2) is 0 Å². The number of nitrogens with zero attached hydrogens (tertiary/aromatic N) is 2. The number of fused-ring (bicyclic) bond motifs is 1. The molecule has 3 aromatic rings. The maximum absolute atomic E-state index is 13.6. The highest BCUT2D eigenvalue weighted by molar-refractivity contribution is 7.92. The van der Waals surface area contributed by atoms with E-state index >= 15 is 0 Å². The van der Waals surface area contributed by atoms with Crippen molar-refractivity contribution >= 4 is 27.3 Å². The van der Waals surface area contributed by atoms with Crippen LogP contribution < -0.4 is 9.21 Å². The van der Waals surface area contributed by atoms with Crippen molar-refractivity contribution in [1.29, 1.82) is 0 Å². The summed E-state index contributed by atoms with van der Waals surface area (Å²) in [5, 5.41) is 0. The molecular formula is C25H26N2O3S. The number of hydrogen-bond acceptors (Lipinski definition) is 3. The molecule has 0 saturated carbocycles. The molecule has 0 aromatic heterocycles. The molecule has 1 aliphatic heterocycles. The molecule has 0 unspecified atom stereocenters. The Morgan fingerprint density at radius 2 is 1.58 bits per heavy atom. The van der Waals surface area contributed by atoms with Crippen LogP contribution in [0.2, 0.25) is 0 Å². The minimum Gasteiger partial charge on any atom is -0.307 e. The average Bonchev–Trinajstić information content (AvgIpc) is 3.07. The van der Waals surface area contributed by atoms with Crippen LogP contribution in [0.4, 0.5) is 11.4 Å². The van der Waals surface area contributed by atoms with Crippen LogP contribution >= 0.6 is 0 Å². The number of carbonyl (C=O) groups is 1. The van der Waals surface area contributed by atoms with E-state index in [1.807, 2.05) is 63.2 Å². The summed E-state index contributed by atoms with van der Waals surface area (Å²) < 4.78 is 28.4. The number of aryl methyl sites for hydroxylation is 2. The number of amides is 1. The zero-order chi connectivity index (χ0) is 22.2. The molecule has 4 rings (SSSR count). The van der Waals surface area contributed by atoms with E-state index in [9.17, 15) is 13.2 Å². The van der Waals surface area contributed by atoms with Crippen LogP contribution in [0.5, 0.6) is 0 Å². The maximum Gasteiger partial charge on any atom is 0.264 e. The van der Waals surface area contributed by atoms with E-state index in [1.165, 1.54) is 4.31 Å². The van der Waals surface area contributed by atoms with Gasteiger partial charge in [-0.1, -0.05) is 42.5 Å². The smallest absolute Gasteiger partial charge is 0.264 e.